The molecule has 0 radical (unpaired) electrons. The third-order valence-corrected chi connectivity index (χ3v) is 6.90. The monoisotopic (exact) mass is 518 g/mol. The predicted molar refractivity (Wildman–Crippen MR) is 141 cm³/mol. The molecule has 1 unspecified atom stereocenters. The van der Waals surface area contributed by atoms with Crippen LogP contribution >= 0.6 is 11.3 Å². The van der Waals surface area contributed by atoms with Crippen LogP contribution in [-0.4, -0.2) is 41.0 Å². The van der Waals surface area contributed by atoms with Gasteiger partial charge in [0.1, 0.15) is 23.0 Å². The Morgan fingerprint density at radius 1 is 1.19 bits per heavy atom. The van der Waals surface area contributed by atoms with Gasteiger partial charge >= 0.3 is 11.9 Å². The van der Waals surface area contributed by atoms with Gasteiger partial charge in [0, 0.05) is 5.56 Å². The molecule has 8 nitrogen and oxygen atoms in total. The van der Waals surface area contributed by atoms with Gasteiger partial charge in [-0.25, -0.2) is 9.78 Å². The summed E-state index contributed by atoms with van der Waals surface area (Å²) < 4.78 is 10.8. The lowest BCUT2D eigenvalue weighted by Gasteiger charge is -2.23. The Morgan fingerprint density at radius 2 is 1.92 bits per heavy atom. The molecular formula is C28H26N2O6S. The Bertz CT molecular complexity index is 1410. The number of amides is 1. The van der Waals surface area contributed by atoms with Crippen LogP contribution in [0.1, 0.15) is 45.0 Å². The molecule has 9 heteroatoms. The second kappa shape index (κ2) is 10.8. The van der Waals surface area contributed by atoms with Gasteiger partial charge in [0.15, 0.2) is 5.13 Å². The van der Waals surface area contributed by atoms with Crippen LogP contribution in [0.25, 0.3) is 5.76 Å². The zero-order valence-corrected chi connectivity index (χ0v) is 21.5. The SMILES string of the molecule is C=CCOc1cccc(C2C(=C(O)c3ccc(C)cc3)C(=O)C(=O)N2c2nc(C)c(C(=O)OCC)s2)c1. The number of aryl methyl sites for hydroxylation is 2. The number of aliphatic hydroxyl groups is 1. The van der Waals surface area contributed by atoms with Crippen molar-refractivity contribution in [3.8, 4) is 5.75 Å². The van der Waals surface area contributed by atoms with Crippen molar-refractivity contribution in [2.75, 3.05) is 18.1 Å². The molecular weight excluding hydrogens is 492 g/mol. The van der Waals surface area contributed by atoms with Gasteiger partial charge in [0.05, 0.1) is 23.9 Å². The van der Waals surface area contributed by atoms with Crippen molar-refractivity contribution in [3.05, 3.63) is 94.0 Å². The number of nitrogens with zero attached hydrogens (tertiary/aromatic N) is 2. The zero-order chi connectivity index (χ0) is 26.7. The standard InChI is InChI=1S/C28H26N2O6S/c1-5-14-36-20-9-7-8-19(15-20)22-21(23(31)18-12-10-16(3)11-13-18)24(32)26(33)30(22)28-29-17(4)25(37-28)27(34)35-6-2/h5,7-13,15,22,31H,1,6,14H2,2-4H3. The Hall–Kier alpha value is -4.24. The van der Waals surface area contributed by atoms with Gasteiger partial charge in [0.2, 0.25) is 0 Å². The molecule has 1 atom stereocenters. The molecule has 1 aromatic heterocycles. The van der Waals surface area contributed by atoms with Crippen LogP contribution in [0, 0.1) is 13.8 Å². The van der Waals surface area contributed by atoms with E-state index in [1.54, 1.807) is 68.5 Å². The fraction of sp³-hybridized carbons (Fsp3) is 0.214. The molecule has 1 aliphatic heterocycles. The number of thiazole rings is 1. The first-order valence-corrected chi connectivity index (χ1v) is 12.4. The van der Waals surface area contributed by atoms with E-state index < -0.39 is 23.7 Å². The summed E-state index contributed by atoms with van der Waals surface area (Å²) in [6.07, 6.45) is 1.60. The Balaban J connectivity index is 1.90. The van der Waals surface area contributed by atoms with Crippen molar-refractivity contribution < 1.29 is 29.0 Å². The Morgan fingerprint density at radius 3 is 2.59 bits per heavy atom. The summed E-state index contributed by atoms with van der Waals surface area (Å²) in [5.41, 5.74) is 2.20. The summed E-state index contributed by atoms with van der Waals surface area (Å²) in [6.45, 7) is 9.34. The number of aromatic nitrogens is 1. The summed E-state index contributed by atoms with van der Waals surface area (Å²) in [5.74, 6) is -2.08. The van der Waals surface area contributed by atoms with Gasteiger partial charge < -0.3 is 14.6 Å². The van der Waals surface area contributed by atoms with E-state index in [9.17, 15) is 19.5 Å². The maximum atomic E-state index is 13.4. The van der Waals surface area contributed by atoms with E-state index in [1.807, 2.05) is 6.92 Å². The van der Waals surface area contributed by atoms with E-state index in [2.05, 4.69) is 11.6 Å². The van der Waals surface area contributed by atoms with Gasteiger partial charge in [-0.3, -0.25) is 14.5 Å². The Kier molecular flexibility index (Phi) is 7.54. The van der Waals surface area contributed by atoms with Crippen LogP contribution in [0.5, 0.6) is 5.75 Å². The molecule has 2 aromatic carbocycles. The van der Waals surface area contributed by atoms with Gasteiger partial charge in [-0.1, -0.05) is 66.0 Å². The minimum absolute atomic E-state index is 0.0831. The summed E-state index contributed by atoms with van der Waals surface area (Å²) >= 11 is 0.957. The topological polar surface area (TPSA) is 106 Å². The van der Waals surface area contributed by atoms with Crippen molar-refractivity contribution in [2.45, 2.75) is 26.8 Å². The number of hydrogen-bond donors (Lipinski definition) is 1. The molecule has 2 heterocycles. The molecule has 190 valence electrons. The number of carbonyl (C=O) groups excluding carboxylic acids is 3. The lowest BCUT2D eigenvalue weighted by molar-refractivity contribution is -0.132. The molecule has 4 rings (SSSR count). The van der Waals surface area contributed by atoms with E-state index in [-0.39, 0.29) is 34.6 Å². The number of aliphatic hydroxyl groups excluding tert-OH is 1. The molecule has 37 heavy (non-hydrogen) atoms. The Labute approximate surface area is 218 Å². The van der Waals surface area contributed by atoms with Gasteiger partial charge in [0.25, 0.3) is 5.78 Å². The number of Topliss-reactive ketones (excluding diaryl/α,β-unsaturated/α-hetero) is 1. The lowest BCUT2D eigenvalue weighted by Crippen LogP contribution is -2.29. The maximum absolute atomic E-state index is 13.4. The minimum atomic E-state index is -1.01. The highest BCUT2D eigenvalue weighted by molar-refractivity contribution is 7.17. The van der Waals surface area contributed by atoms with Crippen LogP contribution in [0.4, 0.5) is 5.13 Å². The fourth-order valence-corrected chi connectivity index (χ4v) is 5.00. The highest BCUT2D eigenvalue weighted by Crippen LogP contribution is 2.44. The number of ether oxygens (including phenoxy) is 2. The molecule has 1 fully saturated rings. The second-order valence-electron chi connectivity index (χ2n) is 8.34. The molecule has 0 bridgehead atoms. The first-order chi connectivity index (χ1) is 17.8. The van der Waals surface area contributed by atoms with E-state index in [0.29, 0.717) is 22.6 Å². The highest BCUT2D eigenvalue weighted by atomic mass is 32.1. The van der Waals surface area contributed by atoms with Gasteiger partial charge in [-0.15, -0.1) is 0 Å². The van der Waals surface area contributed by atoms with Crippen LogP contribution < -0.4 is 9.64 Å². The summed E-state index contributed by atoms with van der Waals surface area (Å²) in [4.78, 5) is 45.1. The van der Waals surface area contributed by atoms with Crippen molar-refractivity contribution >= 4 is 39.9 Å². The number of carbonyl (C=O) groups is 3. The van der Waals surface area contributed by atoms with Crippen LogP contribution in [-0.2, 0) is 14.3 Å². The van der Waals surface area contributed by atoms with Crippen molar-refractivity contribution in [1.29, 1.82) is 0 Å². The molecule has 3 aromatic rings. The van der Waals surface area contributed by atoms with Crippen LogP contribution in [0.2, 0.25) is 0 Å². The smallest absolute Gasteiger partial charge is 0.350 e. The minimum Gasteiger partial charge on any atom is -0.507 e. The fourth-order valence-electron chi connectivity index (χ4n) is 4.01. The molecule has 0 aliphatic carbocycles. The summed E-state index contributed by atoms with van der Waals surface area (Å²) in [6, 6.07) is 12.9. The average molecular weight is 519 g/mol. The van der Waals surface area contributed by atoms with Crippen LogP contribution in [0.3, 0.4) is 0 Å². The van der Waals surface area contributed by atoms with Crippen molar-refractivity contribution in [3.63, 3.8) is 0 Å². The quantitative estimate of drug-likeness (QED) is 0.145. The molecule has 0 saturated carbocycles. The van der Waals surface area contributed by atoms with E-state index in [1.165, 1.54) is 4.90 Å². The first kappa shape index (κ1) is 25.8. The van der Waals surface area contributed by atoms with Gasteiger partial charge in [-0.05, 0) is 38.5 Å². The third-order valence-electron chi connectivity index (χ3n) is 5.76. The second-order valence-corrected chi connectivity index (χ2v) is 9.32. The zero-order valence-electron chi connectivity index (χ0n) is 20.7. The van der Waals surface area contributed by atoms with Crippen molar-refractivity contribution in [1.82, 2.24) is 4.98 Å². The van der Waals surface area contributed by atoms with E-state index >= 15 is 0 Å². The predicted octanol–water partition coefficient (Wildman–Crippen LogP) is 5.13. The van der Waals surface area contributed by atoms with E-state index in [0.717, 1.165) is 16.9 Å². The van der Waals surface area contributed by atoms with Gasteiger partial charge in [-0.2, -0.15) is 0 Å². The summed E-state index contributed by atoms with van der Waals surface area (Å²) in [5, 5.41) is 11.4. The summed E-state index contributed by atoms with van der Waals surface area (Å²) in [7, 11) is 0. The van der Waals surface area contributed by atoms with E-state index in [4.69, 9.17) is 9.47 Å². The number of rotatable bonds is 8. The normalized spacial score (nSPS) is 16.6. The highest BCUT2D eigenvalue weighted by Gasteiger charge is 2.48. The molecule has 1 amide bonds. The molecule has 1 N–H and O–H groups in total. The number of esters is 1. The molecule has 1 saturated heterocycles. The van der Waals surface area contributed by atoms with Crippen molar-refractivity contribution in [2.24, 2.45) is 0 Å². The maximum Gasteiger partial charge on any atom is 0.350 e. The molecule has 0 spiro atoms. The first-order valence-electron chi connectivity index (χ1n) is 11.6. The third kappa shape index (κ3) is 5.03. The van der Waals surface area contributed by atoms with Crippen LogP contribution in [0.15, 0.2) is 66.8 Å². The number of benzene rings is 2. The number of ketones is 1. The number of anilines is 1. The molecule has 1 aliphatic rings. The average Bonchev–Trinajstić information content (AvgIpc) is 3.40. The largest absolute Gasteiger partial charge is 0.507 e. The number of hydrogen-bond acceptors (Lipinski definition) is 8. The lowest BCUT2D eigenvalue weighted by atomic mass is 9.95.